The lowest BCUT2D eigenvalue weighted by Crippen LogP contribution is -2.01. The quantitative estimate of drug-likeness (QED) is 0.879. The molecule has 4 nitrogen and oxygen atoms in total. The maximum Gasteiger partial charge on any atom is 0.345 e. The Morgan fingerprint density at radius 3 is 2.79 bits per heavy atom. The standard InChI is InChI=1S/C14H15NO3S/c1-9-10(7-13(19-9)14(16)17)8-15-11-5-3-4-6-12(11)18-2/h3-7,15H,8H2,1-2H3,(H,16,17). The Morgan fingerprint density at radius 2 is 2.16 bits per heavy atom. The Hall–Kier alpha value is -2.01. The van der Waals surface area contributed by atoms with Crippen LogP contribution in [0, 0.1) is 6.92 Å². The molecule has 2 N–H and O–H groups in total. The van der Waals surface area contributed by atoms with Gasteiger partial charge in [-0.25, -0.2) is 4.79 Å². The van der Waals surface area contributed by atoms with Crippen LogP contribution in [-0.2, 0) is 6.54 Å². The third-order valence-corrected chi connectivity index (χ3v) is 3.89. The summed E-state index contributed by atoms with van der Waals surface area (Å²) in [6, 6.07) is 9.35. The van der Waals surface area contributed by atoms with Gasteiger partial charge in [-0.05, 0) is 30.7 Å². The van der Waals surface area contributed by atoms with Gasteiger partial charge < -0.3 is 15.2 Å². The Morgan fingerprint density at radius 1 is 1.42 bits per heavy atom. The summed E-state index contributed by atoms with van der Waals surface area (Å²) in [5.41, 5.74) is 1.89. The van der Waals surface area contributed by atoms with Crippen molar-refractivity contribution in [3.63, 3.8) is 0 Å². The molecule has 1 aromatic carbocycles. The highest BCUT2D eigenvalue weighted by atomic mass is 32.1. The van der Waals surface area contributed by atoms with Crippen LogP contribution in [0.5, 0.6) is 5.75 Å². The van der Waals surface area contributed by atoms with Gasteiger partial charge in [-0.15, -0.1) is 11.3 Å². The minimum Gasteiger partial charge on any atom is -0.495 e. The lowest BCUT2D eigenvalue weighted by atomic mass is 10.2. The summed E-state index contributed by atoms with van der Waals surface area (Å²) in [5.74, 6) is -0.106. The zero-order chi connectivity index (χ0) is 13.8. The summed E-state index contributed by atoms with van der Waals surface area (Å²) in [7, 11) is 1.62. The molecule has 0 fully saturated rings. The van der Waals surface area contributed by atoms with Crippen LogP contribution < -0.4 is 10.1 Å². The molecule has 0 aliphatic rings. The number of hydrogen-bond donors (Lipinski definition) is 2. The summed E-state index contributed by atoms with van der Waals surface area (Å²) in [6.45, 7) is 2.51. The minimum atomic E-state index is -0.878. The predicted molar refractivity (Wildman–Crippen MR) is 76.3 cm³/mol. The van der Waals surface area contributed by atoms with E-state index in [9.17, 15) is 4.79 Å². The number of hydrogen-bond acceptors (Lipinski definition) is 4. The first-order valence-corrected chi connectivity index (χ1v) is 6.63. The van der Waals surface area contributed by atoms with Crippen molar-refractivity contribution in [3.05, 3.63) is 45.6 Å². The van der Waals surface area contributed by atoms with E-state index < -0.39 is 5.97 Å². The second-order valence-corrected chi connectivity index (χ2v) is 5.31. The van der Waals surface area contributed by atoms with E-state index in [1.165, 1.54) is 11.3 Å². The summed E-state index contributed by atoms with van der Waals surface area (Å²) < 4.78 is 5.25. The zero-order valence-corrected chi connectivity index (χ0v) is 11.6. The van der Waals surface area contributed by atoms with Gasteiger partial charge in [0.25, 0.3) is 0 Å². The number of benzene rings is 1. The topological polar surface area (TPSA) is 58.6 Å². The average Bonchev–Trinajstić information content (AvgIpc) is 2.78. The van der Waals surface area contributed by atoms with Gasteiger partial charge in [-0.2, -0.15) is 0 Å². The van der Waals surface area contributed by atoms with Crippen molar-refractivity contribution in [2.24, 2.45) is 0 Å². The van der Waals surface area contributed by atoms with Gasteiger partial charge >= 0.3 is 5.97 Å². The number of aromatic carboxylic acids is 1. The minimum absolute atomic E-state index is 0.370. The molecule has 0 saturated heterocycles. The number of para-hydroxylation sites is 2. The van der Waals surface area contributed by atoms with E-state index in [2.05, 4.69) is 5.32 Å². The molecule has 0 spiro atoms. The molecule has 0 atom stereocenters. The van der Waals surface area contributed by atoms with Crippen LogP contribution in [-0.4, -0.2) is 18.2 Å². The molecule has 2 aromatic rings. The first-order chi connectivity index (χ1) is 9.11. The number of anilines is 1. The SMILES string of the molecule is COc1ccccc1NCc1cc(C(=O)O)sc1C. The fourth-order valence-electron chi connectivity index (χ4n) is 1.78. The highest BCUT2D eigenvalue weighted by Crippen LogP contribution is 2.26. The van der Waals surface area contributed by atoms with Crippen LogP contribution in [0.15, 0.2) is 30.3 Å². The van der Waals surface area contributed by atoms with Crippen molar-refractivity contribution in [1.29, 1.82) is 0 Å². The summed E-state index contributed by atoms with van der Waals surface area (Å²) in [4.78, 5) is 12.3. The molecule has 100 valence electrons. The number of nitrogens with one attached hydrogen (secondary N) is 1. The van der Waals surface area contributed by atoms with Crippen LogP contribution >= 0.6 is 11.3 Å². The number of methoxy groups -OCH3 is 1. The number of ether oxygens (including phenoxy) is 1. The molecule has 1 aromatic heterocycles. The lowest BCUT2D eigenvalue weighted by molar-refractivity contribution is 0.0702. The number of carboxylic acid groups (broad SMARTS) is 1. The van der Waals surface area contributed by atoms with Gasteiger partial charge in [-0.3, -0.25) is 0 Å². The van der Waals surface area contributed by atoms with E-state index in [0.717, 1.165) is 21.9 Å². The maximum absolute atomic E-state index is 10.9. The molecular weight excluding hydrogens is 262 g/mol. The lowest BCUT2D eigenvalue weighted by Gasteiger charge is -2.10. The highest BCUT2D eigenvalue weighted by Gasteiger charge is 2.11. The summed E-state index contributed by atoms with van der Waals surface area (Å²) in [6.07, 6.45) is 0. The van der Waals surface area contributed by atoms with Gasteiger partial charge in [0.2, 0.25) is 0 Å². The normalized spacial score (nSPS) is 10.2. The van der Waals surface area contributed by atoms with Gasteiger partial charge in [0.15, 0.2) is 0 Å². The third kappa shape index (κ3) is 3.06. The molecule has 0 aliphatic heterocycles. The van der Waals surface area contributed by atoms with Crippen LogP contribution in [0.3, 0.4) is 0 Å². The predicted octanol–water partition coefficient (Wildman–Crippen LogP) is 3.38. The largest absolute Gasteiger partial charge is 0.495 e. The molecule has 5 heteroatoms. The van der Waals surface area contributed by atoms with Gasteiger partial charge in [0.05, 0.1) is 12.8 Å². The van der Waals surface area contributed by atoms with Gasteiger partial charge in [-0.1, -0.05) is 12.1 Å². The molecule has 0 radical (unpaired) electrons. The Kier molecular flexibility index (Phi) is 4.06. The number of carboxylic acids is 1. The molecule has 0 bridgehead atoms. The van der Waals surface area contributed by atoms with E-state index in [1.54, 1.807) is 13.2 Å². The Bertz CT molecular complexity index is 592. The van der Waals surface area contributed by atoms with Gasteiger partial charge in [0, 0.05) is 11.4 Å². The molecule has 0 unspecified atom stereocenters. The number of carbonyl (C=O) groups is 1. The molecule has 1 heterocycles. The molecule has 19 heavy (non-hydrogen) atoms. The fraction of sp³-hybridized carbons (Fsp3) is 0.214. The first kappa shape index (κ1) is 13.4. The average molecular weight is 277 g/mol. The van der Waals surface area contributed by atoms with Crippen LogP contribution in [0.2, 0.25) is 0 Å². The molecule has 0 saturated carbocycles. The maximum atomic E-state index is 10.9. The number of aryl methyl sites for hydroxylation is 1. The monoisotopic (exact) mass is 277 g/mol. The van der Waals surface area contributed by atoms with E-state index in [0.29, 0.717) is 11.4 Å². The smallest absolute Gasteiger partial charge is 0.345 e. The van der Waals surface area contributed by atoms with Crippen LogP contribution in [0.25, 0.3) is 0 Å². The van der Waals surface area contributed by atoms with Crippen molar-refractivity contribution in [2.45, 2.75) is 13.5 Å². The van der Waals surface area contributed by atoms with E-state index in [-0.39, 0.29) is 0 Å². The zero-order valence-electron chi connectivity index (χ0n) is 10.8. The number of rotatable bonds is 5. The third-order valence-electron chi connectivity index (χ3n) is 2.81. The molecule has 2 rings (SSSR count). The second kappa shape index (κ2) is 5.75. The molecule has 0 amide bonds. The van der Waals surface area contributed by atoms with Crippen LogP contribution in [0.1, 0.15) is 20.1 Å². The first-order valence-electron chi connectivity index (χ1n) is 5.81. The van der Waals surface area contributed by atoms with Crippen molar-refractivity contribution >= 4 is 23.0 Å². The van der Waals surface area contributed by atoms with Crippen LogP contribution in [0.4, 0.5) is 5.69 Å². The van der Waals surface area contributed by atoms with E-state index in [1.807, 2.05) is 31.2 Å². The fourth-order valence-corrected chi connectivity index (χ4v) is 2.66. The van der Waals surface area contributed by atoms with Crippen molar-refractivity contribution in [3.8, 4) is 5.75 Å². The highest BCUT2D eigenvalue weighted by molar-refractivity contribution is 7.14. The number of thiophene rings is 1. The van der Waals surface area contributed by atoms with Crippen molar-refractivity contribution in [1.82, 2.24) is 0 Å². The second-order valence-electron chi connectivity index (χ2n) is 4.05. The molecular formula is C14H15NO3S. The van der Waals surface area contributed by atoms with Crippen molar-refractivity contribution in [2.75, 3.05) is 12.4 Å². The Labute approximate surface area is 115 Å². The van der Waals surface area contributed by atoms with Crippen molar-refractivity contribution < 1.29 is 14.6 Å². The molecule has 0 aliphatic carbocycles. The van der Waals surface area contributed by atoms with E-state index >= 15 is 0 Å². The van der Waals surface area contributed by atoms with E-state index in [4.69, 9.17) is 9.84 Å². The van der Waals surface area contributed by atoms with Gasteiger partial charge in [0.1, 0.15) is 10.6 Å². The Balaban J connectivity index is 2.12. The summed E-state index contributed by atoms with van der Waals surface area (Å²) in [5, 5.41) is 12.2. The summed E-state index contributed by atoms with van der Waals surface area (Å²) >= 11 is 1.30.